The molecule has 1 aromatic rings. The summed E-state index contributed by atoms with van der Waals surface area (Å²) in [5.41, 5.74) is 2.45. The van der Waals surface area contributed by atoms with Gasteiger partial charge in [0.2, 0.25) is 0 Å². The predicted octanol–water partition coefficient (Wildman–Crippen LogP) is 4.51. The van der Waals surface area contributed by atoms with Crippen molar-refractivity contribution in [1.82, 2.24) is 0 Å². The molecule has 0 aromatic heterocycles. The van der Waals surface area contributed by atoms with Gasteiger partial charge in [-0.1, -0.05) is 17.7 Å². The van der Waals surface area contributed by atoms with Gasteiger partial charge in [-0.25, -0.2) is 0 Å². The number of anilines is 1. The minimum absolute atomic E-state index is 0.133. The summed E-state index contributed by atoms with van der Waals surface area (Å²) in [6, 6.07) is 6.60. The van der Waals surface area contributed by atoms with Gasteiger partial charge in [-0.2, -0.15) is 11.8 Å². The number of thioether (sulfide) groups is 1. The summed E-state index contributed by atoms with van der Waals surface area (Å²) in [6.07, 6.45) is 4.61. The minimum atomic E-state index is 0.133. The lowest BCUT2D eigenvalue weighted by atomic mass is 9.85. The van der Waals surface area contributed by atoms with Crippen molar-refractivity contribution in [3.63, 3.8) is 0 Å². The van der Waals surface area contributed by atoms with Crippen LogP contribution >= 0.6 is 23.4 Å². The van der Waals surface area contributed by atoms with Crippen LogP contribution in [0.15, 0.2) is 18.2 Å². The van der Waals surface area contributed by atoms with Gasteiger partial charge in [0.1, 0.15) is 0 Å². The molecule has 0 amide bonds. The van der Waals surface area contributed by atoms with Gasteiger partial charge in [-0.15, -0.1) is 0 Å². The van der Waals surface area contributed by atoms with Crippen LogP contribution in [0.5, 0.6) is 0 Å². The standard InChI is InChI=1S/C16H22ClNOS/c1-12-14(17)3-2-4-15(12)18-13-5-8-19-16(11-13)6-9-20-10-7-16/h2-4,13,18H,5-11H2,1H3. The van der Waals surface area contributed by atoms with Gasteiger partial charge in [0.05, 0.1) is 5.60 Å². The number of hydrogen-bond acceptors (Lipinski definition) is 3. The fraction of sp³-hybridized carbons (Fsp3) is 0.625. The molecule has 20 heavy (non-hydrogen) atoms. The van der Waals surface area contributed by atoms with E-state index in [-0.39, 0.29) is 5.60 Å². The molecule has 1 unspecified atom stereocenters. The number of rotatable bonds is 2. The average molecular weight is 312 g/mol. The molecule has 0 radical (unpaired) electrons. The zero-order valence-corrected chi connectivity index (χ0v) is 13.5. The lowest BCUT2D eigenvalue weighted by Crippen LogP contribution is -2.46. The van der Waals surface area contributed by atoms with Crippen LogP contribution in [0, 0.1) is 6.92 Å². The molecule has 1 aromatic carbocycles. The van der Waals surface area contributed by atoms with Crippen LogP contribution in [0.25, 0.3) is 0 Å². The van der Waals surface area contributed by atoms with Gasteiger partial charge in [0, 0.05) is 23.4 Å². The van der Waals surface area contributed by atoms with Crippen LogP contribution < -0.4 is 5.32 Å². The number of ether oxygens (including phenoxy) is 1. The maximum atomic E-state index is 6.21. The molecule has 2 heterocycles. The number of benzene rings is 1. The van der Waals surface area contributed by atoms with Crippen molar-refractivity contribution in [2.45, 2.75) is 44.2 Å². The fourth-order valence-corrected chi connectivity index (χ4v) is 4.64. The molecule has 2 nitrogen and oxygen atoms in total. The Kier molecular flexibility index (Phi) is 4.49. The van der Waals surface area contributed by atoms with Crippen molar-refractivity contribution >= 4 is 29.1 Å². The van der Waals surface area contributed by atoms with E-state index in [2.05, 4.69) is 30.1 Å². The predicted molar refractivity (Wildman–Crippen MR) is 88.1 cm³/mol. The molecule has 0 bridgehead atoms. The zero-order chi connectivity index (χ0) is 14.0. The highest BCUT2D eigenvalue weighted by atomic mass is 35.5. The monoisotopic (exact) mass is 311 g/mol. The molecule has 2 fully saturated rings. The molecule has 2 aliphatic rings. The van der Waals surface area contributed by atoms with E-state index >= 15 is 0 Å². The van der Waals surface area contributed by atoms with Crippen LogP contribution in [0.4, 0.5) is 5.69 Å². The van der Waals surface area contributed by atoms with Gasteiger partial charge in [-0.3, -0.25) is 0 Å². The smallest absolute Gasteiger partial charge is 0.0717 e. The Labute approximate surface area is 130 Å². The van der Waals surface area contributed by atoms with Crippen molar-refractivity contribution in [3.05, 3.63) is 28.8 Å². The van der Waals surface area contributed by atoms with Gasteiger partial charge in [0.15, 0.2) is 0 Å². The first-order valence-corrected chi connectivity index (χ1v) is 8.95. The number of hydrogen-bond donors (Lipinski definition) is 1. The third-order valence-electron chi connectivity index (χ3n) is 4.52. The first-order valence-electron chi connectivity index (χ1n) is 7.42. The van der Waals surface area contributed by atoms with Crippen molar-refractivity contribution in [2.24, 2.45) is 0 Å². The number of nitrogens with one attached hydrogen (secondary N) is 1. The highest BCUT2D eigenvalue weighted by molar-refractivity contribution is 7.99. The first kappa shape index (κ1) is 14.6. The fourth-order valence-electron chi connectivity index (χ4n) is 3.23. The topological polar surface area (TPSA) is 21.3 Å². The summed E-state index contributed by atoms with van der Waals surface area (Å²) in [7, 11) is 0. The molecule has 0 saturated carbocycles. The Balaban J connectivity index is 1.69. The van der Waals surface area contributed by atoms with E-state index in [9.17, 15) is 0 Å². The Hall–Kier alpha value is -0.380. The molecular formula is C16H22ClNOS. The van der Waals surface area contributed by atoms with Gasteiger partial charge >= 0.3 is 0 Å². The lowest BCUT2D eigenvalue weighted by molar-refractivity contribution is -0.0865. The SMILES string of the molecule is Cc1c(Cl)cccc1NC1CCOC2(CCSCC2)C1. The molecule has 2 saturated heterocycles. The second-order valence-electron chi connectivity index (χ2n) is 5.89. The Bertz CT molecular complexity index is 468. The highest BCUT2D eigenvalue weighted by Gasteiger charge is 2.38. The van der Waals surface area contributed by atoms with Crippen molar-refractivity contribution in [2.75, 3.05) is 23.4 Å². The van der Waals surface area contributed by atoms with Crippen LogP contribution in [-0.4, -0.2) is 29.8 Å². The molecule has 1 N–H and O–H groups in total. The van der Waals surface area contributed by atoms with Gasteiger partial charge in [0.25, 0.3) is 0 Å². The third-order valence-corrected chi connectivity index (χ3v) is 5.92. The van der Waals surface area contributed by atoms with E-state index in [0.29, 0.717) is 6.04 Å². The third kappa shape index (κ3) is 3.10. The molecule has 4 heteroatoms. The molecule has 0 aliphatic carbocycles. The van der Waals surface area contributed by atoms with Crippen LogP contribution in [0.1, 0.15) is 31.2 Å². The summed E-state index contributed by atoms with van der Waals surface area (Å²) in [6.45, 7) is 2.96. The van der Waals surface area contributed by atoms with E-state index in [1.165, 1.54) is 30.0 Å². The summed E-state index contributed by atoms with van der Waals surface area (Å²) < 4.78 is 6.15. The molecule has 3 rings (SSSR count). The lowest BCUT2D eigenvalue weighted by Gasteiger charge is -2.43. The van der Waals surface area contributed by atoms with Crippen LogP contribution in [-0.2, 0) is 4.74 Å². The van der Waals surface area contributed by atoms with E-state index in [1.54, 1.807) is 0 Å². The Morgan fingerprint density at radius 2 is 2.15 bits per heavy atom. The quantitative estimate of drug-likeness (QED) is 0.868. The van der Waals surface area contributed by atoms with E-state index in [4.69, 9.17) is 16.3 Å². The summed E-state index contributed by atoms with van der Waals surface area (Å²) in [5, 5.41) is 4.53. The number of halogens is 1. The summed E-state index contributed by atoms with van der Waals surface area (Å²) in [4.78, 5) is 0. The second-order valence-corrected chi connectivity index (χ2v) is 7.52. The molecule has 1 spiro atoms. The molecule has 110 valence electrons. The largest absolute Gasteiger partial charge is 0.382 e. The maximum Gasteiger partial charge on any atom is 0.0717 e. The van der Waals surface area contributed by atoms with E-state index in [1.807, 2.05) is 12.1 Å². The maximum absolute atomic E-state index is 6.21. The van der Waals surface area contributed by atoms with Crippen molar-refractivity contribution < 1.29 is 4.74 Å². The van der Waals surface area contributed by atoms with Gasteiger partial charge < -0.3 is 10.1 Å². The molecule has 2 aliphatic heterocycles. The highest BCUT2D eigenvalue weighted by Crippen LogP contribution is 2.38. The normalized spacial score (nSPS) is 25.6. The van der Waals surface area contributed by atoms with Crippen LogP contribution in [0.3, 0.4) is 0 Å². The first-order chi connectivity index (χ1) is 9.69. The van der Waals surface area contributed by atoms with E-state index in [0.717, 1.165) is 30.0 Å². The summed E-state index contributed by atoms with van der Waals surface area (Å²) >= 11 is 8.26. The van der Waals surface area contributed by atoms with Crippen LogP contribution in [0.2, 0.25) is 5.02 Å². The van der Waals surface area contributed by atoms with Gasteiger partial charge in [-0.05, 0) is 61.8 Å². The second kappa shape index (κ2) is 6.17. The molecular weight excluding hydrogens is 290 g/mol. The minimum Gasteiger partial charge on any atom is -0.382 e. The van der Waals surface area contributed by atoms with E-state index < -0.39 is 0 Å². The molecule has 1 atom stereocenters. The Morgan fingerprint density at radius 1 is 1.35 bits per heavy atom. The Morgan fingerprint density at radius 3 is 2.95 bits per heavy atom. The average Bonchev–Trinajstić information content (AvgIpc) is 2.45. The van der Waals surface area contributed by atoms with Crippen molar-refractivity contribution in [1.29, 1.82) is 0 Å². The summed E-state index contributed by atoms with van der Waals surface area (Å²) in [5.74, 6) is 2.48. The zero-order valence-electron chi connectivity index (χ0n) is 12.0. The van der Waals surface area contributed by atoms with Crippen molar-refractivity contribution in [3.8, 4) is 0 Å².